The summed E-state index contributed by atoms with van der Waals surface area (Å²) in [6.45, 7) is 4.06. The predicted molar refractivity (Wildman–Crippen MR) is 92.1 cm³/mol. The lowest BCUT2D eigenvalue weighted by atomic mass is 9.95. The molecule has 1 aromatic rings. The van der Waals surface area contributed by atoms with Crippen LogP contribution in [-0.2, 0) is 25.0 Å². The molecule has 0 saturated heterocycles. The third-order valence-corrected chi connectivity index (χ3v) is 6.73. The molecule has 1 aliphatic carbocycles. The Morgan fingerprint density at radius 1 is 1.25 bits per heavy atom. The predicted octanol–water partition coefficient (Wildman–Crippen LogP) is 1.69. The minimum absolute atomic E-state index is 0.173. The summed E-state index contributed by atoms with van der Waals surface area (Å²) in [6, 6.07) is 6.46. The molecule has 0 aliphatic heterocycles. The standard InChI is InChI=1S/C17H26N2O4S/c1-4-16(5-2,12-18)19-24(21,22)14-8-6-13(7-9-14)17(10-11-17)15(20)23-3/h6-9,19H,4-5,10-12,18H2,1-3H3. The molecule has 1 fully saturated rings. The highest BCUT2D eigenvalue weighted by molar-refractivity contribution is 7.89. The molecule has 0 amide bonds. The number of nitrogens with one attached hydrogen (secondary N) is 1. The summed E-state index contributed by atoms with van der Waals surface area (Å²) in [7, 11) is -2.30. The molecule has 0 atom stereocenters. The molecular formula is C17H26N2O4S. The van der Waals surface area contributed by atoms with Gasteiger partial charge in [-0.15, -0.1) is 0 Å². The lowest BCUT2D eigenvalue weighted by molar-refractivity contribution is -0.143. The topological polar surface area (TPSA) is 98.5 Å². The van der Waals surface area contributed by atoms with E-state index in [0.29, 0.717) is 12.8 Å². The lowest BCUT2D eigenvalue weighted by Crippen LogP contribution is -2.52. The quantitative estimate of drug-likeness (QED) is 0.692. The van der Waals surface area contributed by atoms with Gasteiger partial charge < -0.3 is 10.5 Å². The number of carbonyl (C=O) groups is 1. The van der Waals surface area contributed by atoms with Crippen LogP contribution in [0.2, 0.25) is 0 Å². The minimum atomic E-state index is -3.67. The molecule has 7 heteroatoms. The van der Waals surface area contributed by atoms with Crippen molar-refractivity contribution in [2.75, 3.05) is 13.7 Å². The summed E-state index contributed by atoms with van der Waals surface area (Å²) in [5.74, 6) is -0.268. The van der Waals surface area contributed by atoms with Gasteiger partial charge in [0.1, 0.15) is 0 Å². The summed E-state index contributed by atoms with van der Waals surface area (Å²) in [4.78, 5) is 12.1. The number of benzene rings is 1. The van der Waals surface area contributed by atoms with Gasteiger partial charge in [-0.2, -0.15) is 0 Å². The fraction of sp³-hybridized carbons (Fsp3) is 0.588. The molecule has 2 rings (SSSR count). The molecule has 1 aliphatic rings. The molecule has 0 aromatic heterocycles. The molecule has 134 valence electrons. The van der Waals surface area contributed by atoms with Crippen LogP contribution in [0.15, 0.2) is 29.2 Å². The number of ether oxygens (including phenoxy) is 1. The fourth-order valence-electron chi connectivity index (χ4n) is 2.95. The van der Waals surface area contributed by atoms with Crippen molar-refractivity contribution >= 4 is 16.0 Å². The summed E-state index contributed by atoms with van der Waals surface area (Å²) < 4.78 is 32.9. The van der Waals surface area contributed by atoms with Crippen LogP contribution >= 0.6 is 0 Å². The maximum atomic E-state index is 12.6. The SMILES string of the molecule is CCC(CC)(CN)NS(=O)(=O)c1ccc(C2(C(=O)OC)CC2)cc1. The van der Waals surface area contributed by atoms with Crippen molar-refractivity contribution in [2.45, 2.75) is 55.4 Å². The molecule has 0 bridgehead atoms. The highest BCUT2D eigenvalue weighted by Crippen LogP contribution is 2.49. The number of esters is 1. The lowest BCUT2D eigenvalue weighted by Gasteiger charge is -2.31. The summed E-state index contributed by atoms with van der Waals surface area (Å²) in [5, 5.41) is 0. The van der Waals surface area contributed by atoms with Gasteiger partial charge in [0.05, 0.1) is 17.4 Å². The van der Waals surface area contributed by atoms with Crippen LogP contribution in [0.3, 0.4) is 0 Å². The molecule has 0 unspecified atom stereocenters. The third-order valence-electron chi connectivity index (χ3n) is 5.14. The molecule has 0 radical (unpaired) electrons. The molecule has 0 spiro atoms. The van der Waals surface area contributed by atoms with Gasteiger partial charge >= 0.3 is 5.97 Å². The summed E-state index contributed by atoms with van der Waals surface area (Å²) >= 11 is 0. The number of hydrogen-bond donors (Lipinski definition) is 2. The monoisotopic (exact) mass is 354 g/mol. The van der Waals surface area contributed by atoms with Crippen LogP contribution in [-0.4, -0.2) is 33.6 Å². The van der Waals surface area contributed by atoms with E-state index in [9.17, 15) is 13.2 Å². The van der Waals surface area contributed by atoms with Gasteiger partial charge in [0.15, 0.2) is 0 Å². The van der Waals surface area contributed by atoms with E-state index in [-0.39, 0.29) is 17.4 Å². The number of hydrogen-bond acceptors (Lipinski definition) is 5. The highest BCUT2D eigenvalue weighted by Gasteiger charge is 2.52. The zero-order chi connectivity index (χ0) is 18.0. The molecule has 1 saturated carbocycles. The molecule has 6 nitrogen and oxygen atoms in total. The third kappa shape index (κ3) is 3.34. The first-order chi connectivity index (χ1) is 11.3. The second-order valence-electron chi connectivity index (χ2n) is 6.40. The molecular weight excluding hydrogens is 328 g/mol. The average molecular weight is 354 g/mol. The maximum absolute atomic E-state index is 12.6. The van der Waals surface area contributed by atoms with E-state index in [1.807, 2.05) is 13.8 Å². The van der Waals surface area contributed by atoms with Gasteiger partial charge in [0.25, 0.3) is 0 Å². The van der Waals surface area contributed by atoms with Crippen molar-refractivity contribution in [1.29, 1.82) is 0 Å². The molecule has 24 heavy (non-hydrogen) atoms. The van der Waals surface area contributed by atoms with Gasteiger partial charge in [-0.25, -0.2) is 13.1 Å². The zero-order valence-electron chi connectivity index (χ0n) is 14.5. The van der Waals surface area contributed by atoms with Crippen molar-refractivity contribution in [3.8, 4) is 0 Å². The Kier molecular flexibility index (Phi) is 5.37. The van der Waals surface area contributed by atoms with Crippen LogP contribution in [0, 0.1) is 0 Å². The number of methoxy groups -OCH3 is 1. The highest BCUT2D eigenvalue weighted by atomic mass is 32.2. The first-order valence-electron chi connectivity index (χ1n) is 8.22. The van der Waals surface area contributed by atoms with Crippen LogP contribution in [0.25, 0.3) is 0 Å². The number of nitrogens with two attached hydrogens (primary N) is 1. The van der Waals surface area contributed by atoms with Crippen LogP contribution in [0.4, 0.5) is 0 Å². The van der Waals surface area contributed by atoms with Crippen molar-refractivity contribution in [3.05, 3.63) is 29.8 Å². The molecule has 1 aromatic carbocycles. The zero-order valence-corrected chi connectivity index (χ0v) is 15.3. The van der Waals surface area contributed by atoms with Gasteiger partial charge in [0, 0.05) is 12.1 Å². The Hall–Kier alpha value is -1.44. The smallest absolute Gasteiger partial charge is 0.316 e. The van der Waals surface area contributed by atoms with Gasteiger partial charge in [-0.3, -0.25) is 4.79 Å². The first kappa shape index (κ1) is 18.9. The van der Waals surface area contributed by atoms with Crippen LogP contribution < -0.4 is 10.5 Å². The Morgan fingerprint density at radius 3 is 2.17 bits per heavy atom. The minimum Gasteiger partial charge on any atom is -0.468 e. The van der Waals surface area contributed by atoms with Crippen molar-refractivity contribution in [1.82, 2.24) is 4.72 Å². The van der Waals surface area contributed by atoms with Gasteiger partial charge in [-0.05, 0) is 43.4 Å². The number of carbonyl (C=O) groups excluding carboxylic acids is 1. The summed E-state index contributed by atoms with van der Waals surface area (Å²) in [6.07, 6.45) is 2.68. The van der Waals surface area contributed by atoms with E-state index in [1.165, 1.54) is 19.2 Å². The second kappa shape index (κ2) is 6.82. The Labute approximate surface area is 143 Å². The summed E-state index contributed by atoms with van der Waals surface area (Å²) in [5.41, 5.74) is 5.33. The van der Waals surface area contributed by atoms with Crippen molar-refractivity contribution < 1.29 is 17.9 Å². The van der Waals surface area contributed by atoms with Crippen LogP contribution in [0.5, 0.6) is 0 Å². The molecule has 3 N–H and O–H groups in total. The van der Waals surface area contributed by atoms with E-state index < -0.39 is 21.0 Å². The molecule has 0 heterocycles. The van der Waals surface area contributed by atoms with E-state index >= 15 is 0 Å². The first-order valence-corrected chi connectivity index (χ1v) is 9.70. The van der Waals surface area contributed by atoms with E-state index in [4.69, 9.17) is 10.5 Å². The Balaban J connectivity index is 2.26. The van der Waals surface area contributed by atoms with E-state index in [2.05, 4.69) is 4.72 Å². The maximum Gasteiger partial charge on any atom is 0.316 e. The average Bonchev–Trinajstić information content (AvgIpc) is 3.41. The van der Waals surface area contributed by atoms with Crippen molar-refractivity contribution in [3.63, 3.8) is 0 Å². The largest absolute Gasteiger partial charge is 0.468 e. The fourth-order valence-corrected chi connectivity index (χ4v) is 4.51. The van der Waals surface area contributed by atoms with Crippen molar-refractivity contribution in [2.24, 2.45) is 5.73 Å². The Morgan fingerprint density at radius 2 is 1.79 bits per heavy atom. The normalized spacial score (nSPS) is 16.7. The number of sulfonamides is 1. The van der Waals surface area contributed by atoms with E-state index in [0.717, 1.165) is 18.4 Å². The number of rotatable bonds is 8. The second-order valence-corrected chi connectivity index (χ2v) is 8.08. The van der Waals surface area contributed by atoms with Gasteiger partial charge in [0.2, 0.25) is 10.0 Å². The van der Waals surface area contributed by atoms with Crippen LogP contribution in [0.1, 0.15) is 45.1 Å². The Bertz CT molecular complexity index is 682. The van der Waals surface area contributed by atoms with E-state index in [1.54, 1.807) is 12.1 Å². The van der Waals surface area contributed by atoms with Gasteiger partial charge in [-0.1, -0.05) is 26.0 Å².